The van der Waals surface area contributed by atoms with Gasteiger partial charge in [0.1, 0.15) is 0 Å². The van der Waals surface area contributed by atoms with Crippen molar-refractivity contribution < 1.29 is 4.42 Å². The van der Waals surface area contributed by atoms with Gasteiger partial charge in [-0.1, -0.05) is 121 Å². The number of fused-ring (bicyclic) bond motifs is 6. The first kappa shape index (κ1) is 31.3. The van der Waals surface area contributed by atoms with Gasteiger partial charge >= 0.3 is 0 Å². The van der Waals surface area contributed by atoms with Crippen molar-refractivity contribution in [2.24, 2.45) is 0 Å². The molecule has 1 aliphatic rings. The maximum atomic E-state index is 6.52. The molecule has 0 amide bonds. The second-order valence-corrected chi connectivity index (χ2v) is 14.2. The minimum atomic E-state index is 0.486. The molecule has 0 unspecified atom stereocenters. The molecule has 3 aromatic heterocycles. The Bertz CT molecular complexity index is 3090. The van der Waals surface area contributed by atoms with E-state index < -0.39 is 0 Å². The van der Waals surface area contributed by atoms with Crippen molar-refractivity contribution in [3.05, 3.63) is 187 Å². The van der Waals surface area contributed by atoms with E-state index in [1.54, 1.807) is 0 Å². The average molecular weight is 707 g/mol. The van der Waals surface area contributed by atoms with Crippen LogP contribution in [-0.4, -0.2) is 19.3 Å². The first-order valence-corrected chi connectivity index (χ1v) is 18.8. The number of allylic oxidation sites excluding steroid dienone is 1. The van der Waals surface area contributed by atoms with Crippen molar-refractivity contribution in [2.75, 3.05) is 0 Å². The number of rotatable bonds is 6. The van der Waals surface area contributed by atoms with Crippen molar-refractivity contribution in [3.63, 3.8) is 0 Å². The third kappa shape index (κ3) is 5.24. The number of hydrogen-bond acceptors (Lipinski definition) is 3. The van der Waals surface area contributed by atoms with E-state index in [2.05, 4.69) is 201 Å². The molecule has 5 heteroatoms. The lowest BCUT2D eigenvalue weighted by Crippen LogP contribution is -2.00. The Morgan fingerprint density at radius 3 is 1.64 bits per heavy atom. The summed E-state index contributed by atoms with van der Waals surface area (Å²) in [6.45, 7) is 0. The monoisotopic (exact) mass is 706 g/mol. The summed E-state index contributed by atoms with van der Waals surface area (Å²) in [5.41, 5.74) is 14.7. The molecule has 0 atom stereocenters. The SMILES string of the molecule is C1=Cc2c(c3ccc(-c4nnc(-c5ccc6c7ccccc7n(-c7cccc(-c8ccccc8)c7)c6c5)o4)cc3n2-c2cccc(-c3ccccc3)c2)CC1. The number of aromatic nitrogens is 4. The molecular formula is C50H34N4O. The largest absolute Gasteiger partial charge is 0.416 e. The molecular weight excluding hydrogens is 673 g/mol. The molecule has 0 saturated heterocycles. The van der Waals surface area contributed by atoms with Gasteiger partial charge in [-0.25, -0.2) is 0 Å². The Labute approximate surface area is 318 Å². The fourth-order valence-corrected chi connectivity index (χ4v) is 8.39. The molecule has 1 aliphatic carbocycles. The summed E-state index contributed by atoms with van der Waals surface area (Å²) in [6, 6.07) is 60.2. The van der Waals surface area contributed by atoms with E-state index in [0.29, 0.717) is 11.8 Å². The zero-order valence-corrected chi connectivity index (χ0v) is 29.9. The Hall–Kier alpha value is -7.24. The lowest BCUT2D eigenvalue weighted by Gasteiger charge is -2.13. The molecule has 0 aliphatic heterocycles. The van der Waals surface area contributed by atoms with E-state index in [0.717, 1.165) is 51.9 Å². The van der Waals surface area contributed by atoms with Gasteiger partial charge in [0.15, 0.2) is 0 Å². The summed E-state index contributed by atoms with van der Waals surface area (Å²) < 4.78 is 11.2. The van der Waals surface area contributed by atoms with E-state index >= 15 is 0 Å². The molecule has 0 N–H and O–H groups in total. The Morgan fingerprint density at radius 2 is 0.964 bits per heavy atom. The Balaban J connectivity index is 1.01. The highest BCUT2D eigenvalue weighted by Gasteiger charge is 2.21. The van der Waals surface area contributed by atoms with Crippen LogP contribution in [0.5, 0.6) is 0 Å². The number of hydrogen-bond donors (Lipinski definition) is 0. The van der Waals surface area contributed by atoms with Gasteiger partial charge in [0.25, 0.3) is 0 Å². The van der Waals surface area contributed by atoms with E-state index in [9.17, 15) is 0 Å². The second-order valence-electron chi connectivity index (χ2n) is 14.2. The molecule has 11 rings (SSSR count). The lowest BCUT2D eigenvalue weighted by molar-refractivity contribution is 0.584. The fraction of sp³-hybridized carbons (Fsp3) is 0.0400. The number of benzene rings is 7. The van der Waals surface area contributed by atoms with Crippen LogP contribution < -0.4 is 0 Å². The second kappa shape index (κ2) is 12.7. The first-order valence-electron chi connectivity index (χ1n) is 18.8. The van der Waals surface area contributed by atoms with Gasteiger partial charge < -0.3 is 13.6 Å². The summed E-state index contributed by atoms with van der Waals surface area (Å²) in [4.78, 5) is 0. The zero-order chi connectivity index (χ0) is 36.3. The molecule has 0 radical (unpaired) electrons. The van der Waals surface area contributed by atoms with Crippen LogP contribution in [0.3, 0.4) is 0 Å². The van der Waals surface area contributed by atoms with Gasteiger partial charge in [-0.05, 0) is 101 Å². The van der Waals surface area contributed by atoms with Crippen molar-refractivity contribution in [1.82, 2.24) is 19.3 Å². The quantitative estimate of drug-likeness (QED) is 0.173. The van der Waals surface area contributed by atoms with Crippen LogP contribution in [0.4, 0.5) is 0 Å². The van der Waals surface area contributed by atoms with Crippen molar-refractivity contribution in [3.8, 4) is 56.5 Å². The standard InChI is InChI=1S/C50H34N4O/c1-3-13-33(14-4-1)35-17-11-19-39(29-35)53-45-23-9-7-21-41(45)43-27-25-37(31-47(43)53)49-51-52-50(55-49)38-26-28-44-42-22-8-10-24-46(42)54(48(44)32-38)40-20-12-18-36(30-40)34-15-5-2-6-16-34/h1-7,9-21,23-32H,8,22H2. The van der Waals surface area contributed by atoms with Gasteiger partial charge in [0.2, 0.25) is 11.8 Å². The Kier molecular flexibility index (Phi) is 7.24. The first-order chi connectivity index (χ1) is 27.3. The lowest BCUT2D eigenvalue weighted by atomic mass is 10.0. The topological polar surface area (TPSA) is 48.8 Å². The third-order valence-corrected chi connectivity index (χ3v) is 11.0. The molecule has 0 spiro atoms. The molecule has 5 nitrogen and oxygen atoms in total. The summed E-state index contributed by atoms with van der Waals surface area (Å²) >= 11 is 0. The molecule has 10 aromatic rings. The molecule has 3 heterocycles. The molecule has 0 fully saturated rings. The van der Waals surface area contributed by atoms with Crippen LogP contribution in [0.25, 0.3) is 95.3 Å². The molecule has 260 valence electrons. The van der Waals surface area contributed by atoms with Gasteiger partial charge in [0, 0.05) is 44.4 Å². The summed E-state index contributed by atoms with van der Waals surface area (Å²) in [5.74, 6) is 0.979. The van der Waals surface area contributed by atoms with Crippen molar-refractivity contribution in [1.29, 1.82) is 0 Å². The van der Waals surface area contributed by atoms with Crippen LogP contribution in [-0.2, 0) is 6.42 Å². The normalized spacial score (nSPS) is 12.5. The van der Waals surface area contributed by atoms with Crippen molar-refractivity contribution in [2.45, 2.75) is 12.8 Å². The highest BCUT2D eigenvalue weighted by Crippen LogP contribution is 2.39. The zero-order valence-electron chi connectivity index (χ0n) is 29.9. The third-order valence-electron chi connectivity index (χ3n) is 11.0. The van der Waals surface area contributed by atoms with Gasteiger partial charge in [-0.3, -0.25) is 0 Å². The predicted octanol–water partition coefficient (Wildman–Crippen LogP) is 12.7. The van der Waals surface area contributed by atoms with Crippen LogP contribution in [0.1, 0.15) is 17.7 Å². The van der Waals surface area contributed by atoms with Crippen molar-refractivity contribution >= 4 is 38.8 Å². The van der Waals surface area contributed by atoms with E-state index in [-0.39, 0.29) is 0 Å². The van der Waals surface area contributed by atoms with Crippen LogP contribution in [0, 0.1) is 0 Å². The number of aryl methyl sites for hydroxylation is 1. The van der Waals surface area contributed by atoms with Crippen LogP contribution >= 0.6 is 0 Å². The summed E-state index contributed by atoms with van der Waals surface area (Å²) in [7, 11) is 0. The van der Waals surface area contributed by atoms with Crippen LogP contribution in [0.15, 0.2) is 180 Å². The molecule has 0 saturated carbocycles. The highest BCUT2D eigenvalue weighted by atomic mass is 16.4. The maximum Gasteiger partial charge on any atom is 0.248 e. The van der Waals surface area contributed by atoms with Crippen LogP contribution in [0.2, 0.25) is 0 Å². The Morgan fingerprint density at radius 1 is 0.418 bits per heavy atom. The molecule has 55 heavy (non-hydrogen) atoms. The minimum absolute atomic E-state index is 0.486. The fourth-order valence-electron chi connectivity index (χ4n) is 8.39. The van der Waals surface area contributed by atoms with E-state index in [4.69, 9.17) is 4.42 Å². The highest BCUT2D eigenvalue weighted by molar-refractivity contribution is 6.10. The average Bonchev–Trinajstić information content (AvgIpc) is 3.97. The summed E-state index contributed by atoms with van der Waals surface area (Å²) in [6.07, 6.45) is 6.59. The number of nitrogens with zero attached hydrogens (tertiary/aromatic N) is 4. The predicted molar refractivity (Wildman–Crippen MR) is 225 cm³/mol. The molecule has 0 bridgehead atoms. The van der Waals surface area contributed by atoms with Gasteiger partial charge in [-0.2, -0.15) is 0 Å². The minimum Gasteiger partial charge on any atom is -0.416 e. The van der Waals surface area contributed by atoms with E-state index in [1.807, 2.05) is 0 Å². The van der Waals surface area contributed by atoms with Gasteiger partial charge in [-0.15, -0.1) is 10.2 Å². The maximum absolute atomic E-state index is 6.52. The number of para-hydroxylation sites is 1. The van der Waals surface area contributed by atoms with E-state index in [1.165, 1.54) is 49.7 Å². The summed E-state index contributed by atoms with van der Waals surface area (Å²) in [5, 5.41) is 12.8. The smallest absolute Gasteiger partial charge is 0.248 e. The van der Waals surface area contributed by atoms with Gasteiger partial charge in [0.05, 0.1) is 16.6 Å². The molecule has 7 aromatic carbocycles.